The fraction of sp³-hybridized carbons (Fsp3) is 0.348. The van der Waals surface area contributed by atoms with Crippen LogP contribution in [-0.4, -0.2) is 35.0 Å². The van der Waals surface area contributed by atoms with Gasteiger partial charge in [0.05, 0.1) is 19.8 Å². The van der Waals surface area contributed by atoms with Crippen molar-refractivity contribution < 1.29 is 9.47 Å². The predicted molar refractivity (Wildman–Crippen MR) is 106 cm³/mol. The number of rotatable bonds is 6. The molecule has 0 radical (unpaired) electrons. The Hall–Kier alpha value is -2.43. The highest BCUT2D eigenvalue weighted by molar-refractivity contribution is 5.22. The number of benzene rings is 2. The van der Waals surface area contributed by atoms with Crippen molar-refractivity contribution in [3.63, 3.8) is 0 Å². The van der Waals surface area contributed by atoms with E-state index in [-0.39, 0.29) is 5.92 Å². The van der Waals surface area contributed by atoms with E-state index in [1.165, 1.54) is 11.1 Å². The van der Waals surface area contributed by atoms with Crippen LogP contribution in [0.5, 0.6) is 0 Å². The van der Waals surface area contributed by atoms with Gasteiger partial charge in [-0.25, -0.2) is 4.98 Å². The van der Waals surface area contributed by atoms with Crippen LogP contribution in [0.2, 0.25) is 0 Å². The van der Waals surface area contributed by atoms with Gasteiger partial charge in [0.25, 0.3) is 0 Å². The third kappa shape index (κ3) is 3.97. The van der Waals surface area contributed by atoms with Crippen LogP contribution in [0.15, 0.2) is 73.1 Å². The normalized spacial score (nSPS) is 21.1. The number of hydrogen-bond donors (Lipinski definition) is 0. The summed E-state index contributed by atoms with van der Waals surface area (Å²) in [5.41, 5.74) is 2.12. The van der Waals surface area contributed by atoms with Crippen LogP contribution >= 0.6 is 0 Å². The van der Waals surface area contributed by atoms with Crippen molar-refractivity contribution >= 4 is 0 Å². The van der Waals surface area contributed by atoms with Crippen LogP contribution in [0.25, 0.3) is 0 Å². The lowest BCUT2D eigenvalue weighted by molar-refractivity contribution is -0.168. The second-order valence-electron chi connectivity index (χ2n) is 7.25. The fourth-order valence-electron chi connectivity index (χ4n) is 3.89. The third-order valence-electron chi connectivity index (χ3n) is 5.43. The molecular weight excluding hydrogens is 336 g/mol. The van der Waals surface area contributed by atoms with Gasteiger partial charge < -0.3 is 14.0 Å². The summed E-state index contributed by atoms with van der Waals surface area (Å²) in [7, 11) is 0. The highest BCUT2D eigenvalue weighted by atomic mass is 16.6. The minimum Gasteiger partial charge on any atom is -0.376 e. The lowest BCUT2D eigenvalue weighted by atomic mass is 9.82. The first-order chi connectivity index (χ1) is 13.3. The van der Waals surface area contributed by atoms with Crippen molar-refractivity contribution in [1.29, 1.82) is 0 Å². The van der Waals surface area contributed by atoms with Crippen molar-refractivity contribution in [2.45, 2.75) is 31.4 Å². The SMILES string of the molecule is CC(c1nccn1Cc1ccccc1)C1(Cc2ccccc2)COCCO1. The Morgan fingerprint density at radius 2 is 1.70 bits per heavy atom. The molecule has 1 aliphatic heterocycles. The number of imidazole rings is 1. The van der Waals surface area contributed by atoms with E-state index in [1.54, 1.807) is 0 Å². The topological polar surface area (TPSA) is 36.3 Å². The summed E-state index contributed by atoms with van der Waals surface area (Å²) in [5.74, 6) is 1.15. The van der Waals surface area contributed by atoms with Crippen LogP contribution < -0.4 is 0 Å². The van der Waals surface area contributed by atoms with Crippen LogP contribution in [0.3, 0.4) is 0 Å². The Balaban J connectivity index is 1.62. The van der Waals surface area contributed by atoms with Crippen molar-refractivity contribution in [2.24, 2.45) is 0 Å². The van der Waals surface area contributed by atoms with Gasteiger partial charge in [0.1, 0.15) is 11.4 Å². The molecule has 4 heteroatoms. The summed E-state index contributed by atoms with van der Waals surface area (Å²) in [6.07, 6.45) is 4.75. The molecule has 1 saturated heterocycles. The Bertz CT molecular complexity index is 839. The van der Waals surface area contributed by atoms with Crippen LogP contribution in [0, 0.1) is 0 Å². The van der Waals surface area contributed by atoms with Gasteiger partial charge >= 0.3 is 0 Å². The van der Waals surface area contributed by atoms with Gasteiger partial charge in [0.15, 0.2) is 0 Å². The van der Waals surface area contributed by atoms with Crippen LogP contribution in [0.4, 0.5) is 0 Å². The van der Waals surface area contributed by atoms with E-state index in [1.807, 2.05) is 18.3 Å². The zero-order chi connectivity index (χ0) is 18.5. The molecular formula is C23H26N2O2. The maximum atomic E-state index is 6.38. The molecule has 0 aliphatic carbocycles. The minimum absolute atomic E-state index is 0.108. The Morgan fingerprint density at radius 3 is 2.37 bits per heavy atom. The molecule has 3 aromatic rings. The molecule has 4 nitrogen and oxygen atoms in total. The second kappa shape index (κ2) is 8.07. The molecule has 1 fully saturated rings. The molecule has 2 atom stereocenters. The molecule has 2 heterocycles. The molecule has 1 aliphatic rings. The number of nitrogens with zero attached hydrogens (tertiary/aromatic N) is 2. The monoisotopic (exact) mass is 362 g/mol. The molecule has 1 aromatic heterocycles. The minimum atomic E-state index is -0.403. The molecule has 0 saturated carbocycles. The largest absolute Gasteiger partial charge is 0.376 e. The van der Waals surface area contributed by atoms with Crippen molar-refractivity contribution in [1.82, 2.24) is 9.55 Å². The van der Waals surface area contributed by atoms with Crippen molar-refractivity contribution in [3.8, 4) is 0 Å². The maximum absolute atomic E-state index is 6.38. The summed E-state index contributed by atoms with van der Waals surface area (Å²) in [5, 5.41) is 0. The quantitative estimate of drug-likeness (QED) is 0.663. The Morgan fingerprint density at radius 1 is 1.00 bits per heavy atom. The Labute approximate surface area is 160 Å². The van der Waals surface area contributed by atoms with Crippen molar-refractivity contribution in [3.05, 3.63) is 90.0 Å². The molecule has 0 bridgehead atoms. The van der Waals surface area contributed by atoms with Gasteiger partial charge in [0, 0.05) is 31.3 Å². The van der Waals surface area contributed by atoms with Gasteiger partial charge in [-0.05, 0) is 11.1 Å². The standard InChI is InChI=1S/C23H26N2O2/c1-19(22-24-12-13-25(22)17-21-10-6-3-7-11-21)23(18-26-14-15-27-23)16-20-8-4-2-5-9-20/h2-13,19H,14-18H2,1H3. The highest BCUT2D eigenvalue weighted by Gasteiger charge is 2.42. The van der Waals surface area contributed by atoms with E-state index in [0.717, 1.165) is 18.8 Å². The molecule has 2 unspecified atom stereocenters. The number of aromatic nitrogens is 2. The fourth-order valence-corrected chi connectivity index (χ4v) is 3.89. The number of hydrogen-bond acceptors (Lipinski definition) is 3. The van der Waals surface area contributed by atoms with Crippen molar-refractivity contribution in [2.75, 3.05) is 19.8 Å². The smallest absolute Gasteiger partial charge is 0.114 e. The summed E-state index contributed by atoms with van der Waals surface area (Å²) >= 11 is 0. The summed E-state index contributed by atoms with van der Waals surface area (Å²) in [6.45, 7) is 4.88. The summed E-state index contributed by atoms with van der Waals surface area (Å²) < 4.78 is 14.5. The Kier molecular flexibility index (Phi) is 5.37. The van der Waals surface area contributed by atoms with E-state index >= 15 is 0 Å². The predicted octanol–water partition coefficient (Wildman–Crippen LogP) is 4.06. The van der Waals surface area contributed by atoms with Gasteiger partial charge in [-0.2, -0.15) is 0 Å². The van der Waals surface area contributed by atoms with E-state index in [0.29, 0.717) is 19.8 Å². The average molecular weight is 362 g/mol. The number of ether oxygens (including phenoxy) is 2. The van der Waals surface area contributed by atoms with E-state index in [4.69, 9.17) is 14.5 Å². The second-order valence-corrected chi connectivity index (χ2v) is 7.25. The molecule has 140 valence electrons. The van der Waals surface area contributed by atoms with Gasteiger partial charge in [-0.1, -0.05) is 67.6 Å². The summed E-state index contributed by atoms with van der Waals surface area (Å²) in [4.78, 5) is 4.70. The van der Waals surface area contributed by atoms with E-state index in [2.05, 4.69) is 66.2 Å². The molecule has 0 N–H and O–H groups in total. The third-order valence-corrected chi connectivity index (χ3v) is 5.43. The molecule has 0 amide bonds. The van der Waals surface area contributed by atoms with Crippen LogP contribution in [0.1, 0.15) is 29.8 Å². The first-order valence-electron chi connectivity index (χ1n) is 9.57. The van der Waals surface area contributed by atoms with E-state index in [9.17, 15) is 0 Å². The zero-order valence-electron chi connectivity index (χ0n) is 15.8. The zero-order valence-corrected chi connectivity index (χ0v) is 15.8. The van der Waals surface area contributed by atoms with Crippen LogP contribution in [-0.2, 0) is 22.4 Å². The molecule has 27 heavy (non-hydrogen) atoms. The average Bonchev–Trinajstić information content (AvgIpc) is 3.17. The highest BCUT2D eigenvalue weighted by Crippen LogP contribution is 2.36. The molecule has 2 aromatic carbocycles. The first-order valence-corrected chi connectivity index (χ1v) is 9.57. The lowest BCUT2D eigenvalue weighted by Gasteiger charge is -2.41. The van der Waals surface area contributed by atoms with Gasteiger partial charge in [-0.3, -0.25) is 0 Å². The van der Waals surface area contributed by atoms with E-state index < -0.39 is 5.60 Å². The lowest BCUT2D eigenvalue weighted by Crippen LogP contribution is -2.49. The molecule has 0 spiro atoms. The van der Waals surface area contributed by atoms with Gasteiger partial charge in [-0.15, -0.1) is 0 Å². The summed E-state index contributed by atoms with van der Waals surface area (Å²) in [6, 6.07) is 21.0. The molecule has 4 rings (SSSR count). The first kappa shape index (κ1) is 18.0. The maximum Gasteiger partial charge on any atom is 0.114 e. The van der Waals surface area contributed by atoms with Gasteiger partial charge in [0.2, 0.25) is 0 Å².